The number of anilines is 1. The number of ether oxygens (including phenoxy) is 1. The number of benzene rings is 1. The smallest absolute Gasteiger partial charge is 0.227 e. The normalized spacial score (nSPS) is 11.3. The van der Waals surface area contributed by atoms with E-state index >= 15 is 0 Å². The Balaban J connectivity index is 2.54. The van der Waals surface area contributed by atoms with Gasteiger partial charge in [0.15, 0.2) is 0 Å². The lowest BCUT2D eigenvalue weighted by Gasteiger charge is -2.21. The molecular weight excluding hydrogens is 228 g/mol. The van der Waals surface area contributed by atoms with Crippen molar-refractivity contribution in [2.75, 3.05) is 19.5 Å². The van der Waals surface area contributed by atoms with Gasteiger partial charge in [-0.05, 0) is 38.6 Å². The van der Waals surface area contributed by atoms with Crippen molar-refractivity contribution < 1.29 is 9.53 Å². The zero-order valence-electron chi connectivity index (χ0n) is 11.5. The minimum Gasteiger partial charge on any atom is -0.378 e. The van der Waals surface area contributed by atoms with Crippen LogP contribution in [0.15, 0.2) is 24.3 Å². The van der Waals surface area contributed by atoms with Crippen LogP contribution in [0.2, 0.25) is 0 Å². The average molecular weight is 250 g/mol. The molecule has 0 aliphatic carbocycles. The van der Waals surface area contributed by atoms with Crippen LogP contribution in [0.25, 0.3) is 0 Å². The highest BCUT2D eigenvalue weighted by molar-refractivity contribution is 5.91. The summed E-state index contributed by atoms with van der Waals surface area (Å²) in [5.74, 6) is -0.0387. The van der Waals surface area contributed by atoms with E-state index < -0.39 is 5.60 Å². The van der Waals surface area contributed by atoms with Gasteiger partial charge in [0.05, 0.1) is 12.0 Å². The molecule has 0 atom stereocenters. The van der Waals surface area contributed by atoms with E-state index in [9.17, 15) is 4.79 Å². The van der Waals surface area contributed by atoms with Crippen molar-refractivity contribution in [3.05, 3.63) is 29.8 Å². The minimum absolute atomic E-state index is 0.0387. The summed E-state index contributed by atoms with van der Waals surface area (Å²) in [4.78, 5) is 11.8. The molecule has 0 saturated heterocycles. The molecule has 0 aromatic heterocycles. The summed E-state index contributed by atoms with van der Waals surface area (Å²) in [6.07, 6.45) is 0.335. The molecule has 1 rings (SSSR count). The topological polar surface area (TPSA) is 50.4 Å². The van der Waals surface area contributed by atoms with Gasteiger partial charge in [-0.15, -0.1) is 0 Å². The van der Waals surface area contributed by atoms with Gasteiger partial charge in [-0.25, -0.2) is 0 Å². The zero-order valence-corrected chi connectivity index (χ0v) is 11.5. The third-order valence-electron chi connectivity index (χ3n) is 2.76. The molecule has 4 heteroatoms. The zero-order chi connectivity index (χ0) is 13.6. The number of nitrogens with one attached hydrogen (secondary N) is 2. The number of hydrogen-bond donors (Lipinski definition) is 2. The SMILES string of the molecule is CNCc1ccc(NC(=O)CC(C)(C)OC)cc1. The van der Waals surface area contributed by atoms with Crippen molar-refractivity contribution in [3.63, 3.8) is 0 Å². The predicted octanol–water partition coefficient (Wildman–Crippen LogP) is 2.16. The molecule has 2 N–H and O–H groups in total. The summed E-state index contributed by atoms with van der Waals surface area (Å²) < 4.78 is 5.23. The Hall–Kier alpha value is -1.39. The first-order valence-electron chi connectivity index (χ1n) is 6.05. The van der Waals surface area contributed by atoms with Crippen LogP contribution in [-0.2, 0) is 16.1 Å². The number of hydrogen-bond acceptors (Lipinski definition) is 3. The second kappa shape index (κ2) is 6.52. The Labute approximate surface area is 109 Å². The van der Waals surface area contributed by atoms with Crippen molar-refractivity contribution in [2.45, 2.75) is 32.4 Å². The van der Waals surface area contributed by atoms with Gasteiger partial charge in [0.1, 0.15) is 0 Å². The Kier molecular flexibility index (Phi) is 5.31. The largest absolute Gasteiger partial charge is 0.378 e. The van der Waals surface area contributed by atoms with E-state index in [1.54, 1.807) is 7.11 Å². The van der Waals surface area contributed by atoms with Crippen LogP contribution in [0.5, 0.6) is 0 Å². The van der Waals surface area contributed by atoms with E-state index in [1.165, 1.54) is 5.56 Å². The monoisotopic (exact) mass is 250 g/mol. The van der Waals surface area contributed by atoms with Crippen LogP contribution in [0.3, 0.4) is 0 Å². The fraction of sp³-hybridized carbons (Fsp3) is 0.500. The van der Waals surface area contributed by atoms with Crippen molar-refractivity contribution in [1.29, 1.82) is 0 Å². The number of methoxy groups -OCH3 is 1. The lowest BCUT2D eigenvalue weighted by atomic mass is 10.0. The first kappa shape index (κ1) is 14.7. The Bertz CT molecular complexity index is 385. The van der Waals surface area contributed by atoms with Crippen LogP contribution in [-0.4, -0.2) is 25.7 Å². The third-order valence-corrected chi connectivity index (χ3v) is 2.76. The fourth-order valence-electron chi connectivity index (χ4n) is 1.57. The number of carbonyl (C=O) groups is 1. The van der Waals surface area contributed by atoms with E-state index in [1.807, 2.05) is 45.2 Å². The highest BCUT2D eigenvalue weighted by Crippen LogP contribution is 2.15. The van der Waals surface area contributed by atoms with Crippen LogP contribution in [0, 0.1) is 0 Å². The van der Waals surface area contributed by atoms with Gasteiger partial charge in [-0.2, -0.15) is 0 Å². The molecule has 1 aromatic rings. The summed E-state index contributed by atoms with van der Waals surface area (Å²) in [5, 5.41) is 5.94. The summed E-state index contributed by atoms with van der Waals surface area (Å²) in [6.45, 7) is 4.61. The van der Waals surface area contributed by atoms with Crippen molar-refractivity contribution in [3.8, 4) is 0 Å². The summed E-state index contributed by atoms with van der Waals surface area (Å²) in [5.41, 5.74) is 1.57. The molecule has 1 amide bonds. The second-order valence-corrected chi connectivity index (χ2v) is 4.92. The molecule has 0 bridgehead atoms. The van der Waals surface area contributed by atoms with Crippen LogP contribution >= 0.6 is 0 Å². The Morgan fingerprint density at radius 3 is 2.39 bits per heavy atom. The molecule has 4 nitrogen and oxygen atoms in total. The summed E-state index contributed by atoms with van der Waals surface area (Å²) >= 11 is 0. The highest BCUT2D eigenvalue weighted by Gasteiger charge is 2.20. The molecule has 0 heterocycles. The molecule has 0 fully saturated rings. The van der Waals surface area contributed by atoms with Gasteiger partial charge in [-0.3, -0.25) is 4.79 Å². The minimum atomic E-state index is -0.434. The molecule has 0 aliphatic rings. The maximum atomic E-state index is 11.8. The van der Waals surface area contributed by atoms with Crippen molar-refractivity contribution >= 4 is 11.6 Å². The lowest BCUT2D eigenvalue weighted by Crippen LogP contribution is -2.29. The van der Waals surface area contributed by atoms with Gasteiger partial charge >= 0.3 is 0 Å². The predicted molar refractivity (Wildman–Crippen MR) is 73.5 cm³/mol. The number of carbonyl (C=O) groups excluding carboxylic acids is 1. The molecule has 0 radical (unpaired) electrons. The molecule has 0 spiro atoms. The van der Waals surface area contributed by atoms with Gasteiger partial charge in [0.25, 0.3) is 0 Å². The van der Waals surface area contributed by atoms with E-state index in [0.717, 1.165) is 12.2 Å². The van der Waals surface area contributed by atoms with Gasteiger partial charge in [0, 0.05) is 19.3 Å². The standard InChI is InChI=1S/C14H22N2O2/c1-14(2,18-4)9-13(17)16-12-7-5-11(6-8-12)10-15-3/h5-8,15H,9-10H2,1-4H3,(H,16,17). The second-order valence-electron chi connectivity index (χ2n) is 4.92. The quantitative estimate of drug-likeness (QED) is 0.813. The molecule has 0 unspecified atom stereocenters. The molecular formula is C14H22N2O2. The van der Waals surface area contributed by atoms with Crippen molar-refractivity contribution in [1.82, 2.24) is 5.32 Å². The molecule has 18 heavy (non-hydrogen) atoms. The Morgan fingerprint density at radius 1 is 1.28 bits per heavy atom. The van der Waals surface area contributed by atoms with Gasteiger partial charge in [-0.1, -0.05) is 12.1 Å². The number of amides is 1. The lowest BCUT2D eigenvalue weighted by molar-refractivity contribution is -0.121. The number of rotatable bonds is 6. The maximum Gasteiger partial charge on any atom is 0.227 e. The first-order chi connectivity index (χ1) is 8.46. The molecule has 0 saturated carbocycles. The van der Waals surface area contributed by atoms with E-state index in [4.69, 9.17) is 4.74 Å². The first-order valence-corrected chi connectivity index (χ1v) is 6.05. The van der Waals surface area contributed by atoms with E-state index in [0.29, 0.717) is 6.42 Å². The van der Waals surface area contributed by atoms with Crippen molar-refractivity contribution in [2.24, 2.45) is 0 Å². The van der Waals surface area contributed by atoms with E-state index in [-0.39, 0.29) is 5.91 Å². The Morgan fingerprint density at radius 2 is 1.89 bits per heavy atom. The average Bonchev–Trinajstić information content (AvgIpc) is 2.31. The van der Waals surface area contributed by atoms with Crippen LogP contribution in [0.1, 0.15) is 25.8 Å². The highest BCUT2D eigenvalue weighted by atomic mass is 16.5. The van der Waals surface area contributed by atoms with Gasteiger partial charge in [0.2, 0.25) is 5.91 Å². The van der Waals surface area contributed by atoms with E-state index in [2.05, 4.69) is 10.6 Å². The van der Waals surface area contributed by atoms with Gasteiger partial charge < -0.3 is 15.4 Å². The third kappa shape index (κ3) is 4.85. The summed E-state index contributed by atoms with van der Waals surface area (Å²) in [6, 6.07) is 7.80. The molecule has 100 valence electrons. The fourth-order valence-corrected chi connectivity index (χ4v) is 1.57. The molecule has 1 aromatic carbocycles. The summed E-state index contributed by atoms with van der Waals surface area (Å²) in [7, 11) is 3.52. The van der Waals surface area contributed by atoms with Crippen LogP contribution < -0.4 is 10.6 Å². The van der Waals surface area contributed by atoms with Crippen LogP contribution in [0.4, 0.5) is 5.69 Å². The maximum absolute atomic E-state index is 11.8. The molecule has 0 aliphatic heterocycles.